The highest BCUT2D eigenvalue weighted by Gasteiger charge is 2.19. The van der Waals surface area contributed by atoms with Crippen LogP contribution >= 0.6 is 0 Å². The van der Waals surface area contributed by atoms with E-state index in [9.17, 15) is 14.0 Å². The lowest BCUT2D eigenvalue weighted by molar-refractivity contribution is 0.0719. The second-order valence-electron chi connectivity index (χ2n) is 5.93. The molecule has 0 unspecified atom stereocenters. The summed E-state index contributed by atoms with van der Waals surface area (Å²) in [6, 6.07) is 6.75. The number of anilines is 1. The van der Waals surface area contributed by atoms with Crippen LogP contribution in [0.2, 0.25) is 0 Å². The number of hydrogen-bond donors (Lipinski definition) is 2. The molecule has 0 aliphatic carbocycles. The van der Waals surface area contributed by atoms with Crippen molar-refractivity contribution in [1.82, 2.24) is 20.2 Å². The van der Waals surface area contributed by atoms with E-state index in [1.807, 2.05) is 0 Å². The highest BCUT2D eigenvalue weighted by molar-refractivity contribution is 5.95. The van der Waals surface area contributed by atoms with Crippen LogP contribution in [-0.4, -0.2) is 60.2 Å². The lowest BCUT2D eigenvalue weighted by Crippen LogP contribution is -2.42. The van der Waals surface area contributed by atoms with Crippen LogP contribution in [0.15, 0.2) is 30.5 Å². The van der Waals surface area contributed by atoms with Crippen molar-refractivity contribution >= 4 is 17.8 Å². The second-order valence-corrected chi connectivity index (χ2v) is 5.93. The van der Waals surface area contributed by atoms with Crippen LogP contribution in [0.25, 0.3) is 11.4 Å². The second kappa shape index (κ2) is 8.43. The van der Waals surface area contributed by atoms with Gasteiger partial charge in [0.2, 0.25) is 0 Å². The number of hydrogen-bond acceptors (Lipinski definition) is 6. The molecule has 0 radical (unpaired) electrons. The predicted molar refractivity (Wildman–Crippen MR) is 96.8 cm³/mol. The zero-order valence-corrected chi connectivity index (χ0v) is 14.9. The number of rotatable bonds is 6. The Hall–Kier alpha value is -3.23. The SMILES string of the molecule is CNc1nc(-c2cccc(C(=O)NCCN3CCCOC3=O)c2)ncc1F. The summed E-state index contributed by atoms with van der Waals surface area (Å²) in [6.45, 7) is 1.76. The largest absolute Gasteiger partial charge is 0.449 e. The summed E-state index contributed by atoms with van der Waals surface area (Å²) >= 11 is 0. The number of nitrogens with one attached hydrogen (secondary N) is 2. The van der Waals surface area contributed by atoms with E-state index in [0.29, 0.717) is 43.2 Å². The van der Waals surface area contributed by atoms with Crippen LogP contribution in [0.5, 0.6) is 0 Å². The summed E-state index contributed by atoms with van der Waals surface area (Å²) in [5.74, 6) is -0.431. The average Bonchev–Trinajstić information content (AvgIpc) is 2.70. The molecule has 3 rings (SSSR count). The predicted octanol–water partition coefficient (Wildman–Crippen LogP) is 1.90. The number of amides is 2. The molecule has 2 heterocycles. The van der Waals surface area contributed by atoms with Crippen molar-refractivity contribution in [3.8, 4) is 11.4 Å². The van der Waals surface area contributed by atoms with Gasteiger partial charge in [-0.3, -0.25) is 4.79 Å². The number of aromatic nitrogens is 2. The van der Waals surface area contributed by atoms with E-state index < -0.39 is 5.82 Å². The van der Waals surface area contributed by atoms with Crippen LogP contribution in [0, 0.1) is 5.82 Å². The van der Waals surface area contributed by atoms with E-state index in [-0.39, 0.29) is 17.8 Å². The molecule has 2 aromatic rings. The highest BCUT2D eigenvalue weighted by atomic mass is 19.1. The Bertz CT molecular complexity index is 845. The molecule has 0 spiro atoms. The fraction of sp³-hybridized carbons (Fsp3) is 0.333. The summed E-state index contributed by atoms with van der Waals surface area (Å²) < 4.78 is 18.5. The normalized spacial score (nSPS) is 13.9. The summed E-state index contributed by atoms with van der Waals surface area (Å²) in [4.78, 5) is 33.6. The van der Waals surface area contributed by atoms with Crippen LogP contribution in [0.3, 0.4) is 0 Å². The van der Waals surface area contributed by atoms with Gasteiger partial charge in [-0.1, -0.05) is 12.1 Å². The number of carbonyl (C=O) groups excluding carboxylic acids is 2. The van der Waals surface area contributed by atoms with E-state index in [1.165, 1.54) is 0 Å². The van der Waals surface area contributed by atoms with Gasteiger partial charge in [-0.15, -0.1) is 0 Å². The van der Waals surface area contributed by atoms with Gasteiger partial charge in [0.05, 0.1) is 12.8 Å². The maximum Gasteiger partial charge on any atom is 0.409 e. The molecule has 1 aromatic carbocycles. The summed E-state index contributed by atoms with van der Waals surface area (Å²) in [5, 5.41) is 5.43. The minimum absolute atomic E-state index is 0.0864. The first-order chi connectivity index (χ1) is 13.1. The summed E-state index contributed by atoms with van der Waals surface area (Å²) in [5.41, 5.74) is 1.02. The third-order valence-corrected chi connectivity index (χ3v) is 4.09. The molecule has 2 N–H and O–H groups in total. The van der Waals surface area contributed by atoms with E-state index in [4.69, 9.17) is 4.74 Å². The molecule has 1 saturated heterocycles. The maximum absolute atomic E-state index is 13.5. The van der Waals surface area contributed by atoms with Crippen LogP contribution in [-0.2, 0) is 4.74 Å². The van der Waals surface area contributed by atoms with E-state index in [2.05, 4.69) is 20.6 Å². The maximum atomic E-state index is 13.5. The Morgan fingerprint density at radius 1 is 1.41 bits per heavy atom. The first-order valence-corrected chi connectivity index (χ1v) is 8.59. The van der Waals surface area contributed by atoms with Crippen LogP contribution in [0.4, 0.5) is 15.0 Å². The number of benzene rings is 1. The molecule has 1 fully saturated rings. The molecule has 1 aliphatic heterocycles. The molecule has 0 atom stereocenters. The van der Waals surface area contributed by atoms with Gasteiger partial charge >= 0.3 is 6.09 Å². The zero-order valence-electron chi connectivity index (χ0n) is 14.9. The minimum Gasteiger partial charge on any atom is -0.449 e. The number of nitrogens with zero attached hydrogens (tertiary/aromatic N) is 3. The van der Waals surface area contributed by atoms with Gasteiger partial charge in [-0.2, -0.15) is 0 Å². The summed E-state index contributed by atoms with van der Waals surface area (Å²) in [6.07, 6.45) is 1.51. The topological polar surface area (TPSA) is 96.5 Å². The van der Waals surface area contributed by atoms with E-state index in [1.54, 1.807) is 36.2 Å². The molecule has 9 heteroatoms. The zero-order chi connectivity index (χ0) is 19.2. The molecule has 27 heavy (non-hydrogen) atoms. The molecule has 1 aliphatic rings. The Morgan fingerprint density at radius 3 is 3.04 bits per heavy atom. The lowest BCUT2D eigenvalue weighted by atomic mass is 10.1. The van der Waals surface area contributed by atoms with Crippen molar-refractivity contribution in [3.63, 3.8) is 0 Å². The third-order valence-electron chi connectivity index (χ3n) is 4.09. The summed E-state index contributed by atoms with van der Waals surface area (Å²) in [7, 11) is 1.57. The molecule has 2 amide bonds. The van der Waals surface area contributed by atoms with E-state index in [0.717, 1.165) is 12.6 Å². The van der Waals surface area contributed by atoms with Crippen molar-refractivity contribution in [2.45, 2.75) is 6.42 Å². The molecule has 142 valence electrons. The lowest BCUT2D eigenvalue weighted by Gasteiger charge is -2.26. The monoisotopic (exact) mass is 373 g/mol. The smallest absolute Gasteiger partial charge is 0.409 e. The van der Waals surface area contributed by atoms with Gasteiger partial charge < -0.3 is 20.3 Å². The van der Waals surface area contributed by atoms with Crippen molar-refractivity contribution in [2.75, 3.05) is 38.6 Å². The van der Waals surface area contributed by atoms with Crippen molar-refractivity contribution < 1.29 is 18.7 Å². The number of halogens is 1. The van der Waals surface area contributed by atoms with Gasteiger partial charge in [0.1, 0.15) is 0 Å². The molecule has 1 aromatic heterocycles. The van der Waals surface area contributed by atoms with Gasteiger partial charge in [-0.05, 0) is 18.6 Å². The van der Waals surface area contributed by atoms with Crippen LogP contribution in [0.1, 0.15) is 16.8 Å². The number of carbonyl (C=O) groups is 2. The van der Waals surface area contributed by atoms with Gasteiger partial charge in [0.15, 0.2) is 17.5 Å². The van der Waals surface area contributed by atoms with Gasteiger partial charge in [0.25, 0.3) is 5.91 Å². The Kier molecular flexibility index (Phi) is 5.80. The van der Waals surface area contributed by atoms with Crippen molar-refractivity contribution in [1.29, 1.82) is 0 Å². The molecule has 0 saturated carbocycles. The first-order valence-electron chi connectivity index (χ1n) is 8.59. The third kappa shape index (κ3) is 4.49. The molecular formula is C18H20FN5O3. The fourth-order valence-electron chi connectivity index (χ4n) is 2.69. The molecule has 0 bridgehead atoms. The standard InChI is InChI=1S/C18H20FN5O3/c1-20-16-14(19)11-22-15(23-16)12-4-2-5-13(10-12)17(25)21-6-8-24-7-3-9-27-18(24)26/h2,4-5,10-11H,3,6-9H2,1H3,(H,21,25)(H,20,22,23). The van der Waals surface area contributed by atoms with Crippen LogP contribution < -0.4 is 10.6 Å². The fourth-order valence-corrected chi connectivity index (χ4v) is 2.69. The van der Waals surface area contributed by atoms with Gasteiger partial charge in [0, 0.05) is 37.8 Å². The Morgan fingerprint density at radius 2 is 2.26 bits per heavy atom. The Balaban J connectivity index is 1.64. The quantitative estimate of drug-likeness (QED) is 0.803. The minimum atomic E-state index is -0.550. The number of ether oxygens (including phenoxy) is 1. The first kappa shape index (κ1) is 18.6. The molecule has 8 nitrogen and oxygen atoms in total. The number of cyclic esters (lactones) is 1. The highest BCUT2D eigenvalue weighted by Crippen LogP contribution is 2.19. The van der Waals surface area contributed by atoms with Crippen molar-refractivity contribution in [3.05, 3.63) is 41.8 Å². The Labute approximate surface area is 155 Å². The molecular weight excluding hydrogens is 353 g/mol. The average molecular weight is 373 g/mol. The van der Waals surface area contributed by atoms with E-state index >= 15 is 0 Å². The van der Waals surface area contributed by atoms with Gasteiger partial charge in [-0.25, -0.2) is 19.2 Å². The van der Waals surface area contributed by atoms with Crippen molar-refractivity contribution in [2.24, 2.45) is 0 Å².